The molecular weight excluding hydrogens is 338 g/mol. The number of amides is 1. The highest BCUT2D eigenvalue weighted by atomic mass is 32.1. The fourth-order valence-electron chi connectivity index (χ4n) is 3.07. The number of fused-ring (bicyclic) bond motifs is 1. The summed E-state index contributed by atoms with van der Waals surface area (Å²) in [6, 6.07) is 6.87. The number of ether oxygens (including phenoxy) is 2. The van der Waals surface area contributed by atoms with Crippen molar-refractivity contribution in [3.63, 3.8) is 0 Å². The van der Waals surface area contributed by atoms with E-state index in [-0.39, 0.29) is 11.9 Å². The van der Waals surface area contributed by atoms with Crippen LogP contribution in [0.1, 0.15) is 50.4 Å². The van der Waals surface area contributed by atoms with E-state index in [9.17, 15) is 9.59 Å². The van der Waals surface area contributed by atoms with Gasteiger partial charge in [0.25, 0.3) is 5.91 Å². The van der Waals surface area contributed by atoms with Crippen LogP contribution in [0.5, 0.6) is 5.75 Å². The Kier molecular flexibility index (Phi) is 5.38. The van der Waals surface area contributed by atoms with Crippen LogP contribution < -0.4 is 10.1 Å². The van der Waals surface area contributed by atoms with Gasteiger partial charge >= 0.3 is 5.97 Å². The van der Waals surface area contributed by atoms with E-state index in [0.717, 1.165) is 37.7 Å². The highest BCUT2D eigenvalue weighted by Crippen LogP contribution is 2.38. The van der Waals surface area contributed by atoms with E-state index in [1.807, 2.05) is 0 Å². The minimum absolute atomic E-state index is 0.246. The number of nitrogens with one attached hydrogen (secondary N) is 1. The molecule has 0 atom stereocenters. The molecule has 0 spiro atoms. The van der Waals surface area contributed by atoms with Gasteiger partial charge in [-0.1, -0.05) is 6.42 Å². The number of thiophene rings is 1. The molecule has 2 aromatic rings. The summed E-state index contributed by atoms with van der Waals surface area (Å²) in [5.41, 5.74) is 2.07. The first kappa shape index (κ1) is 17.5. The summed E-state index contributed by atoms with van der Waals surface area (Å²) < 4.78 is 10.1. The fourth-order valence-corrected chi connectivity index (χ4v) is 4.34. The third-order valence-electron chi connectivity index (χ3n) is 4.39. The second-order valence-corrected chi connectivity index (χ2v) is 7.05. The van der Waals surface area contributed by atoms with Gasteiger partial charge in [-0.15, -0.1) is 11.3 Å². The van der Waals surface area contributed by atoms with Gasteiger partial charge in [0.15, 0.2) is 0 Å². The predicted octanol–water partition coefficient (Wildman–Crippen LogP) is 4.06. The Hall–Kier alpha value is -2.34. The van der Waals surface area contributed by atoms with Crippen LogP contribution in [0.25, 0.3) is 0 Å². The van der Waals surface area contributed by atoms with Gasteiger partial charge < -0.3 is 14.8 Å². The monoisotopic (exact) mass is 359 g/mol. The zero-order valence-corrected chi connectivity index (χ0v) is 15.2. The molecule has 25 heavy (non-hydrogen) atoms. The van der Waals surface area contributed by atoms with E-state index in [0.29, 0.717) is 21.9 Å². The Morgan fingerprint density at radius 3 is 2.44 bits per heavy atom. The molecule has 1 aromatic heterocycles. The highest BCUT2D eigenvalue weighted by molar-refractivity contribution is 7.17. The van der Waals surface area contributed by atoms with Crippen molar-refractivity contribution >= 4 is 28.2 Å². The summed E-state index contributed by atoms with van der Waals surface area (Å²) in [6.45, 7) is 0. The summed E-state index contributed by atoms with van der Waals surface area (Å²) >= 11 is 1.49. The summed E-state index contributed by atoms with van der Waals surface area (Å²) in [5.74, 6) is 0.0586. The molecule has 0 saturated heterocycles. The van der Waals surface area contributed by atoms with E-state index in [1.165, 1.54) is 23.3 Å². The molecular formula is C19H21NO4S. The predicted molar refractivity (Wildman–Crippen MR) is 97.9 cm³/mol. The Labute approximate surface area is 151 Å². The minimum atomic E-state index is -0.385. The van der Waals surface area contributed by atoms with Crippen molar-refractivity contribution < 1.29 is 19.1 Å². The van der Waals surface area contributed by atoms with Gasteiger partial charge in [0.05, 0.1) is 19.8 Å². The SMILES string of the molecule is COC(=O)c1c(NC(=O)c2ccc(OC)cc2)sc2c1CCCCC2. The maximum absolute atomic E-state index is 12.6. The van der Waals surface area contributed by atoms with Crippen molar-refractivity contribution in [2.75, 3.05) is 19.5 Å². The van der Waals surface area contributed by atoms with Crippen LogP contribution in [0.2, 0.25) is 0 Å². The first-order chi connectivity index (χ1) is 12.1. The third kappa shape index (κ3) is 3.69. The summed E-state index contributed by atoms with van der Waals surface area (Å²) in [6.07, 6.45) is 5.13. The molecule has 0 fully saturated rings. The lowest BCUT2D eigenvalue weighted by Crippen LogP contribution is -2.14. The quantitative estimate of drug-likeness (QED) is 0.660. The van der Waals surface area contributed by atoms with Crippen molar-refractivity contribution in [2.24, 2.45) is 0 Å². The largest absolute Gasteiger partial charge is 0.497 e. The Balaban J connectivity index is 1.90. The fraction of sp³-hybridized carbons (Fsp3) is 0.368. The van der Waals surface area contributed by atoms with Crippen LogP contribution in [-0.4, -0.2) is 26.1 Å². The topological polar surface area (TPSA) is 64.6 Å². The van der Waals surface area contributed by atoms with Crippen LogP contribution in [0.15, 0.2) is 24.3 Å². The molecule has 3 rings (SSSR count). The van der Waals surface area contributed by atoms with E-state index in [2.05, 4.69) is 5.32 Å². The maximum Gasteiger partial charge on any atom is 0.341 e. The van der Waals surface area contributed by atoms with E-state index in [4.69, 9.17) is 9.47 Å². The second-order valence-electron chi connectivity index (χ2n) is 5.94. The first-order valence-electron chi connectivity index (χ1n) is 8.32. The number of hydrogen-bond donors (Lipinski definition) is 1. The molecule has 1 aliphatic carbocycles. The molecule has 0 aliphatic heterocycles. The zero-order chi connectivity index (χ0) is 17.8. The van der Waals surface area contributed by atoms with Crippen LogP contribution in [-0.2, 0) is 17.6 Å². The summed E-state index contributed by atoms with van der Waals surface area (Å²) in [5, 5.41) is 3.48. The third-order valence-corrected chi connectivity index (χ3v) is 5.60. The number of esters is 1. The van der Waals surface area contributed by atoms with Gasteiger partial charge in [0.2, 0.25) is 0 Å². The van der Waals surface area contributed by atoms with E-state index < -0.39 is 0 Å². The van der Waals surface area contributed by atoms with E-state index in [1.54, 1.807) is 31.4 Å². The summed E-state index contributed by atoms with van der Waals surface area (Å²) in [4.78, 5) is 26.0. The van der Waals surface area contributed by atoms with Crippen LogP contribution in [0, 0.1) is 0 Å². The average Bonchev–Trinajstić information content (AvgIpc) is 2.81. The minimum Gasteiger partial charge on any atom is -0.497 e. The van der Waals surface area contributed by atoms with E-state index >= 15 is 0 Å². The number of benzene rings is 1. The zero-order valence-electron chi connectivity index (χ0n) is 14.4. The molecule has 1 aromatic carbocycles. The Morgan fingerprint density at radius 1 is 1.04 bits per heavy atom. The molecule has 132 valence electrons. The Bertz CT molecular complexity index is 779. The number of aryl methyl sites for hydroxylation is 1. The van der Waals surface area contributed by atoms with Gasteiger partial charge in [-0.3, -0.25) is 4.79 Å². The lowest BCUT2D eigenvalue weighted by Gasteiger charge is -2.08. The Morgan fingerprint density at radius 2 is 1.76 bits per heavy atom. The molecule has 0 saturated carbocycles. The molecule has 6 heteroatoms. The molecule has 1 N–H and O–H groups in total. The number of methoxy groups -OCH3 is 2. The lowest BCUT2D eigenvalue weighted by atomic mass is 10.1. The van der Waals surface area contributed by atoms with Crippen LogP contribution in [0.4, 0.5) is 5.00 Å². The molecule has 0 bridgehead atoms. The van der Waals surface area contributed by atoms with Crippen LogP contribution >= 0.6 is 11.3 Å². The van der Waals surface area contributed by atoms with Gasteiger partial charge in [-0.25, -0.2) is 4.79 Å². The standard InChI is InChI=1S/C19H21NO4S/c1-23-13-10-8-12(9-11-13)17(21)20-18-16(19(22)24-2)14-6-4-3-5-7-15(14)25-18/h8-11H,3-7H2,1-2H3,(H,20,21). The van der Waals surface area contributed by atoms with Crippen LogP contribution in [0.3, 0.4) is 0 Å². The van der Waals surface area contributed by atoms with Crippen molar-refractivity contribution in [3.05, 3.63) is 45.8 Å². The maximum atomic E-state index is 12.6. The van der Waals surface area contributed by atoms with Gasteiger partial charge in [0.1, 0.15) is 10.8 Å². The molecule has 1 heterocycles. The van der Waals surface area contributed by atoms with Crippen molar-refractivity contribution in [3.8, 4) is 5.75 Å². The molecule has 0 unspecified atom stereocenters. The summed E-state index contributed by atoms with van der Waals surface area (Å²) in [7, 11) is 2.95. The number of rotatable bonds is 4. The lowest BCUT2D eigenvalue weighted by molar-refractivity contribution is 0.0601. The van der Waals surface area contributed by atoms with Gasteiger partial charge in [-0.05, 0) is 55.5 Å². The van der Waals surface area contributed by atoms with Crippen molar-refractivity contribution in [2.45, 2.75) is 32.1 Å². The first-order valence-corrected chi connectivity index (χ1v) is 9.14. The molecule has 1 aliphatic rings. The number of hydrogen-bond acceptors (Lipinski definition) is 5. The molecule has 1 amide bonds. The number of carbonyl (C=O) groups excluding carboxylic acids is 2. The van der Waals surface area contributed by atoms with Gasteiger partial charge in [0, 0.05) is 10.4 Å². The second kappa shape index (κ2) is 7.70. The smallest absolute Gasteiger partial charge is 0.341 e. The van der Waals surface area contributed by atoms with Crippen molar-refractivity contribution in [1.82, 2.24) is 0 Å². The van der Waals surface area contributed by atoms with Gasteiger partial charge in [-0.2, -0.15) is 0 Å². The normalized spacial score (nSPS) is 13.5. The van der Waals surface area contributed by atoms with Crippen molar-refractivity contribution in [1.29, 1.82) is 0 Å². The molecule has 0 radical (unpaired) electrons. The number of anilines is 1. The highest BCUT2D eigenvalue weighted by Gasteiger charge is 2.26. The average molecular weight is 359 g/mol. The molecule has 5 nitrogen and oxygen atoms in total. The number of carbonyl (C=O) groups is 2.